The van der Waals surface area contributed by atoms with Crippen LogP contribution in [0.1, 0.15) is 32.1 Å². The van der Waals surface area contributed by atoms with Gasteiger partial charge in [-0.05, 0) is 54.5 Å². The zero-order valence-corrected chi connectivity index (χ0v) is 26.5. The highest BCUT2D eigenvalue weighted by Gasteiger charge is 2.38. The molecule has 2 aromatic rings. The summed E-state index contributed by atoms with van der Waals surface area (Å²) in [4.78, 5) is 39.0. The van der Waals surface area contributed by atoms with Gasteiger partial charge in [-0.2, -0.15) is 9.82 Å². The predicted molar refractivity (Wildman–Crippen MR) is 167 cm³/mol. The van der Waals surface area contributed by atoms with Crippen molar-refractivity contribution in [3.8, 4) is 0 Å². The van der Waals surface area contributed by atoms with Crippen LogP contribution in [-0.2, 0) is 29.6 Å². The first-order valence-corrected chi connectivity index (χ1v) is 18.0. The van der Waals surface area contributed by atoms with Crippen LogP contribution in [0, 0.1) is 5.92 Å². The summed E-state index contributed by atoms with van der Waals surface area (Å²) in [6.45, 7) is 1.31. The summed E-state index contributed by atoms with van der Waals surface area (Å²) in [6.07, 6.45) is 3.32. The van der Waals surface area contributed by atoms with Crippen LogP contribution in [-0.4, -0.2) is 107 Å². The average molecular weight is 666 g/mol. The van der Waals surface area contributed by atoms with Crippen LogP contribution in [0.5, 0.6) is 0 Å². The first-order valence-electron chi connectivity index (χ1n) is 14.6. The number of sulfonamides is 2. The van der Waals surface area contributed by atoms with Gasteiger partial charge in [0, 0.05) is 38.8 Å². The number of carboxylic acid groups (broad SMARTS) is 1. The Morgan fingerprint density at radius 3 is 2.51 bits per heavy atom. The average Bonchev–Trinajstić information content (AvgIpc) is 3.82. The fraction of sp³-hybridized carbons (Fsp3) is 0.500. The van der Waals surface area contributed by atoms with Gasteiger partial charge in [-0.25, -0.2) is 26.4 Å². The molecule has 4 rings (SSSR count). The fourth-order valence-corrected chi connectivity index (χ4v) is 6.86. The smallest absolute Gasteiger partial charge is 0.409 e. The molecule has 0 spiro atoms. The number of hydrogen-bond acceptors (Lipinski definition) is 9. The number of benzene rings is 2. The minimum atomic E-state index is -4.24. The van der Waals surface area contributed by atoms with Gasteiger partial charge in [-0.3, -0.25) is 19.9 Å². The van der Waals surface area contributed by atoms with Gasteiger partial charge in [0.15, 0.2) is 0 Å². The van der Waals surface area contributed by atoms with Gasteiger partial charge in [0.2, 0.25) is 31.9 Å². The monoisotopic (exact) mass is 665 g/mol. The fourth-order valence-electron chi connectivity index (χ4n) is 5.18. The largest absolute Gasteiger partial charge is 0.465 e. The summed E-state index contributed by atoms with van der Waals surface area (Å²) < 4.78 is 55.0. The second kappa shape index (κ2) is 15.0. The van der Waals surface area contributed by atoms with E-state index in [-0.39, 0.29) is 36.5 Å². The van der Waals surface area contributed by atoms with Crippen LogP contribution in [0.3, 0.4) is 0 Å². The molecule has 2 atom stereocenters. The summed E-state index contributed by atoms with van der Waals surface area (Å²) in [5, 5.41) is 20.9. The molecule has 0 radical (unpaired) electrons. The quantitative estimate of drug-likeness (QED) is 0.132. The molecule has 3 amide bonds. The van der Waals surface area contributed by atoms with E-state index < -0.39 is 50.4 Å². The number of nitrogens with one attached hydrogen (secondary N) is 4. The van der Waals surface area contributed by atoms with Crippen molar-refractivity contribution in [1.82, 2.24) is 30.0 Å². The van der Waals surface area contributed by atoms with Gasteiger partial charge in [0.05, 0.1) is 17.6 Å². The molecular weight excluding hydrogens is 626 g/mol. The van der Waals surface area contributed by atoms with Crippen molar-refractivity contribution in [2.45, 2.75) is 49.1 Å². The third-order valence-electron chi connectivity index (χ3n) is 7.50. The summed E-state index contributed by atoms with van der Waals surface area (Å²) in [6, 6.07) is 10.2. The number of hydrazone groups is 1. The predicted octanol–water partition coefficient (Wildman–Crippen LogP) is 0.456. The second-order valence-corrected chi connectivity index (χ2v) is 14.8. The number of carbonyl (C=O) groups is 3. The van der Waals surface area contributed by atoms with Crippen LogP contribution in [0.4, 0.5) is 4.79 Å². The molecular formula is C28H39N7O8S2. The lowest BCUT2D eigenvalue weighted by atomic mass is 9.99. The Balaban J connectivity index is 1.47. The summed E-state index contributed by atoms with van der Waals surface area (Å²) in [7, 11) is -7.75. The number of piperidine rings is 1. The zero-order chi connectivity index (χ0) is 32.6. The maximum atomic E-state index is 13.8. The molecule has 246 valence electrons. The minimum absolute atomic E-state index is 0.00171. The van der Waals surface area contributed by atoms with Gasteiger partial charge in [0.25, 0.3) is 0 Å². The van der Waals surface area contributed by atoms with Crippen molar-refractivity contribution in [3.05, 3.63) is 42.5 Å². The highest BCUT2D eigenvalue weighted by Crippen LogP contribution is 2.28. The van der Waals surface area contributed by atoms with Crippen LogP contribution < -0.4 is 20.1 Å². The number of carbonyl (C=O) groups excluding carboxylic acids is 2. The number of fused-ring (bicyclic) bond motifs is 1. The molecule has 2 aromatic carbocycles. The normalized spacial score (nSPS) is 18.1. The molecule has 2 aliphatic rings. The lowest BCUT2D eigenvalue weighted by molar-refractivity contribution is -0.136. The van der Waals surface area contributed by atoms with E-state index in [1.54, 1.807) is 23.2 Å². The molecule has 1 saturated heterocycles. The molecule has 2 fully saturated rings. The summed E-state index contributed by atoms with van der Waals surface area (Å²) in [5.74, 6) is -1.15. The first kappa shape index (κ1) is 34.1. The molecule has 1 aliphatic carbocycles. The van der Waals surface area contributed by atoms with E-state index in [0.29, 0.717) is 31.3 Å². The molecule has 0 unspecified atom stereocenters. The zero-order valence-electron chi connectivity index (χ0n) is 24.9. The Bertz CT molecular complexity index is 1630. The highest BCUT2D eigenvalue weighted by molar-refractivity contribution is 7.89. The van der Waals surface area contributed by atoms with Crippen molar-refractivity contribution in [2.24, 2.45) is 11.0 Å². The van der Waals surface area contributed by atoms with Crippen LogP contribution in [0.15, 0.2) is 52.5 Å². The van der Waals surface area contributed by atoms with E-state index in [0.717, 1.165) is 30.8 Å². The van der Waals surface area contributed by atoms with Crippen molar-refractivity contribution in [3.63, 3.8) is 0 Å². The van der Waals surface area contributed by atoms with Crippen LogP contribution >= 0.6 is 0 Å². The highest BCUT2D eigenvalue weighted by atomic mass is 32.2. The topological polar surface area (TPSA) is 207 Å². The van der Waals surface area contributed by atoms with Gasteiger partial charge >= 0.3 is 6.09 Å². The third kappa shape index (κ3) is 10.7. The number of rotatable bonds is 15. The maximum absolute atomic E-state index is 13.8. The Morgan fingerprint density at radius 1 is 1.09 bits per heavy atom. The lowest BCUT2D eigenvalue weighted by Crippen LogP contribution is -2.52. The standard InChI is InChI=1S/C28H39N7O8S2/c1-44(40,41)32-12-14-35(23-9-10-23)27(37)25(33-45(42,43)24-11-8-21-6-2-3-7-22(21)15-24)16-26(36)29-17-20-5-4-13-34(18-20)31-19-30-28(38)39/h2-3,6-8,11,15,19-20,23,25,32-33H,4-5,9-10,12-14,16-18H2,1H3,(H,29,36)(H,30,31)(H,38,39)/t20-,25-/m0/s1. The number of amides is 3. The Kier molecular flexibility index (Phi) is 11.4. The molecule has 45 heavy (non-hydrogen) atoms. The lowest BCUT2D eigenvalue weighted by Gasteiger charge is -2.31. The molecule has 17 heteroatoms. The molecule has 1 saturated carbocycles. The van der Waals surface area contributed by atoms with E-state index in [2.05, 4.69) is 25.2 Å². The SMILES string of the molecule is CS(=O)(=O)NCCN(C(=O)[C@H](CC(=O)NC[C@@H]1CCCN(/N=C\NC(=O)O)C1)NS(=O)(=O)c1ccc2ccccc2c1)C1CC1. The maximum Gasteiger partial charge on any atom is 0.409 e. The molecule has 1 aliphatic heterocycles. The molecule has 0 bridgehead atoms. The van der Waals surface area contributed by atoms with E-state index in [4.69, 9.17) is 5.11 Å². The van der Waals surface area contributed by atoms with Gasteiger partial charge in [-0.15, -0.1) is 0 Å². The van der Waals surface area contributed by atoms with Gasteiger partial charge in [-0.1, -0.05) is 30.3 Å². The summed E-state index contributed by atoms with van der Waals surface area (Å²) in [5.41, 5.74) is 0. The number of nitrogens with zero attached hydrogens (tertiary/aromatic N) is 3. The number of hydrogen-bond donors (Lipinski definition) is 5. The molecule has 0 aromatic heterocycles. The first-order chi connectivity index (χ1) is 21.3. The summed E-state index contributed by atoms with van der Waals surface area (Å²) >= 11 is 0. The van der Waals surface area contributed by atoms with E-state index in [1.807, 2.05) is 12.1 Å². The van der Waals surface area contributed by atoms with Crippen LogP contribution in [0.2, 0.25) is 0 Å². The van der Waals surface area contributed by atoms with Crippen LogP contribution in [0.25, 0.3) is 10.8 Å². The van der Waals surface area contributed by atoms with Crippen molar-refractivity contribution in [1.29, 1.82) is 0 Å². The van der Waals surface area contributed by atoms with Gasteiger partial charge < -0.3 is 15.3 Å². The molecule has 15 nitrogen and oxygen atoms in total. The Hall–Kier alpha value is -3.80. The van der Waals surface area contributed by atoms with E-state index >= 15 is 0 Å². The van der Waals surface area contributed by atoms with Crippen molar-refractivity contribution >= 4 is 55.1 Å². The van der Waals surface area contributed by atoms with E-state index in [1.165, 1.54) is 17.0 Å². The minimum Gasteiger partial charge on any atom is -0.465 e. The van der Waals surface area contributed by atoms with Crippen molar-refractivity contribution in [2.75, 3.05) is 39.0 Å². The Morgan fingerprint density at radius 2 is 1.82 bits per heavy atom. The van der Waals surface area contributed by atoms with Crippen molar-refractivity contribution < 1.29 is 36.3 Å². The molecule has 1 heterocycles. The van der Waals surface area contributed by atoms with Gasteiger partial charge in [0.1, 0.15) is 12.4 Å². The second-order valence-electron chi connectivity index (χ2n) is 11.2. The molecule has 5 N–H and O–H groups in total. The van der Waals surface area contributed by atoms with E-state index in [9.17, 15) is 31.2 Å². The Labute approximate surface area is 262 Å². The third-order valence-corrected chi connectivity index (χ3v) is 9.70.